The van der Waals surface area contributed by atoms with E-state index in [0.29, 0.717) is 13.2 Å². The van der Waals surface area contributed by atoms with Crippen LogP contribution in [0.4, 0.5) is 4.79 Å². The van der Waals surface area contributed by atoms with E-state index < -0.39 is 6.03 Å². The molecule has 3 amide bonds. The summed E-state index contributed by atoms with van der Waals surface area (Å²) in [5, 5.41) is 14.0. The Balaban J connectivity index is 2.27. The van der Waals surface area contributed by atoms with Crippen LogP contribution in [0, 0.1) is 0 Å². The average molecular weight is 273 g/mol. The van der Waals surface area contributed by atoms with Crippen molar-refractivity contribution in [3.8, 4) is 0 Å². The molecule has 0 aromatic rings. The van der Waals surface area contributed by atoms with E-state index in [0.717, 1.165) is 25.8 Å². The van der Waals surface area contributed by atoms with Crippen molar-refractivity contribution in [2.24, 2.45) is 0 Å². The number of imide groups is 1. The van der Waals surface area contributed by atoms with E-state index >= 15 is 0 Å². The number of hydrogen-bond acceptors (Lipinski definition) is 5. The molecule has 1 aliphatic rings. The number of nitrogens with zero attached hydrogens (tertiary/aromatic N) is 1. The quantitative estimate of drug-likeness (QED) is 0.557. The summed E-state index contributed by atoms with van der Waals surface area (Å²) in [6.45, 7) is 1.74. The van der Waals surface area contributed by atoms with Gasteiger partial charge in [0, 0.05) is 19.7 Å². The number of carbonyl (C=O) groups is 2. The normalized spacial score (nSPS) is 20.0. The highest BCUT2D eigenvalue weighted by atomic mass is 16.5. The lowest BCUT2D eigenvalue weighted by molar-refractivity contribution is -0.122. The SMILES string of the molecule is COCCNC(=O)NC(=O)CN1CCCCC1CO. The number of rotatable bonds is 6. The molecule has 7 nitrogen and oxygen atoms in total. The zero-order valence-corrected chi connectivity index (χ0v) is 11.4. The average Bonchev–Trinajstić information content (AvgIpc) is 2.39. The van der Waals surface area contributed by atoms with Crippen molar-refractivity contribution in [2.75, 3.05) is 40.0 Å². The molecule has 1 fully saturated rings. The molecule has 0 aliphatic carbocycles. The van der Waals surface area contributed by atoms with E-state index in [4.69, 9.17) is 4.74 Å². The summed E-state index contributed by atoms with van der Waals surface area (Å²) in [4.78, 5) is 25.0. The largest absolute Gasteiger partial charge is 0.395 e. The van der Waals surface area contributed by atoms with Crippen LogP contribution in [0.5, 0.6) is 0 Å². The maximum atomic E-state index is 11.7. The van der Waals surface area contributed by atoms with Crippen LogP contribution < -0.4 is 10.6 Å². The van der Waals surface area contributed by atoms with Gasteiger partial charge in [-0.1, -0.05) is 6.42 Å². The molecular formula is C12H23N3O4. The van der Waals surface area contributed by atoms with E-state index in [2.05, 4.69) is 10.6 Å². The third-order valence-electron chi connectivity index (χ3n) is 3.15. The summed E-state index contributed by atoms with van der Waals surface area (Å²) < 4.78 is 4.78. The van der Waals surface area contributed by atoms with E-state index in [1.165, 1.54) is 7.11 Å². The van der Waals surface area contributed by atoms with Crippen molar-refractivity contribution >= 4 is 11.9 Å². The predicted octanol–water partition coefficient (Wildman–Crippen LogP) is -0.695. The van der Waals surface area contributed by atoms with E-state index in [-0.39, 0.29) is 25.1 Å². The van der Waals surface area contributed by atoms with Gasteiger partial charge in [0.25, 0.3) is 0 Å². The summed E-state index contributed by atoms with van der Waals surface area (Å²) in [5.41, 5.74) is 0. The van der Waals surface area contributed by atoms with Gasteiger partial charge in [-0.25, -0.2) is 4.79 Å². The maximum Gasteiger partial charge on any atom is 0.321 e. The van der Waals surface area contributed by atoms with Crippen LogP contribution in [-0.2, 0) is 9.53 Å². The first-order valence-electron chi connectivity index (χ1n) is 6.59. The number of likely N-dealkylation sites (tertiary alicyclic amines) is 1. The highest BCUT2D eigenvalue weighted by molar-refractivity contribution is 5.95. The van der Waals surface area contributed by atoms with Crippen LogP contribution in [0.25, 0.3) is 0 Å². The Bertz CT molecular complexity index is 299. The molecule has 7 heteroatoms. The molecule has 0 radical (unpaired) electrons. The summed E-state index contributed by atoms with van der Waals surface area (Å²) in [7, 11) is 1.54. The van der Waals surface area contributed by atoms with Gasteiger partial charge in [-0.2, -0.15) is 0 Å². The first-order chi connectivity index (χ1) is 9.17. The zero-order chi connectivity index (χ0) is 14.1. The van der Waals surface area contributed by atoms with Crippen molar-refractivity contribution < 1.29 is 19.4 Å². The van der Waals surface area contributed by atoms with Gasteiger partial charge < -0.3 is 15.2 Å². The molecule has 19 heavy (non-hydrogen) atoms. The topological polar surface area (TPSA) is 90.9 Å². The van der Waals surface area contributed by atoms with Gasteiger partial charge in [0.2, 0.25) is 5.91 Å². The molecule has 1 saturated heterocycles. The third-order valence-corrected chi connectivity index (χ3v) is 3.15. The Morgan fingerprint density at radius 1 is 1.42 bits per heavy atom. The number of nitrogens with one attached hydrogen (secondary N) is 2. The van der Waals surface area contributed by atoms with Gasteiger partial charge in [0.1, 0.15) is 0 Å². The Labute approximate surface area is 113 Å². The second-order valence-corrected chi connectivity index (χ2v) is 4.60. The smallest absolute Gasteiger partial charge is 0.321 e. The molecular weight excluding hydrogens is 250 g/mol. The standard InChI is InChI=1S/C12H23N3O4/c1-19-7-5-13-12(18)14-11(17)8-15-6-3-2-4-10(15)9-16/h10,16H,2-9H2,1H3,(H2,13,14,17,18). The Hall–Kier alpha value is -1.18. The van der Waals surface area contributed by atoms with Gasteiger partial charge in [-0.3, -0.25) is 15.0 Å². The minimum Gasteiger partial charge on any atom is -0.395 e. The fourth-order valence-electron chi connectivity index (χ4n) is 2.14. The molecule has 1 aliphatic heterocycles. The van der Waals surface area contributed by atoms with E-state index in [1.807, 2.05) is 4.90 Å². The summed E-state index contributed by atoms with van der Waals surface area (Å²) in [6, 6.07) is -0.490. The molecule has 0 saturated carbocycles. The van der Waals surface area contributed by atoms with Crippen molar-refractivity contribution in [3.63, 3.8) is 0 Å². The van der Waals surface area contributed by atoms with Crippen LogP contribution in [0.1, 0.15) is 19.3 Å². The number of methoxy groups -OCH3 is 1. The number of piperidine rings is 1. The fraction of sp³-hybridized carbons (Fsp3) is 0.833. The lowest BCUT2D eigenvalue weighted by atomic mass is 10.0. The second kappa shape index (κ2) is 8.84. The number of aliphatic hydroxyl groups excluding tert-OH is 1. The molecule has 0 aromatic carbocycles. The molecule has 110 valence electrons. The van der Waals surface area contributed by atoms with Crippen molar-refractivity contribution in [2.45, 2.75) is 25.3 Å². The number of urea groups is 1. The van der Waals surface area contributed by atoms with Gasteiger partial charge in [0.05, 0.1) is 19.8 Å². The van der Waals surface area contributed by atoms with Crippen LogP contribution in [-0.4, -0.2) is 67.9 Å². The van der Waals surface area contributed by atoms with Crippen LogP contribution >= 0.6 is 0 Å². The number of carbonyl (C=O) groups excluding carboxylic acids is 2. The maximum absolute atomic E-state index is 11.7. The van der Waals surface area contributed by atoms with Crippen molar-refractivity contribution in [1.82, 2.24) is 15.5 Å². The highest BCUT2D eigenvalue weighted by Gasteiger charge is 2.23. The number of aliphatic hydroxyl groups is 1. The molecule has 1 atom stereocenters. The number of amides is 3. The molecule has 3 N–H and O–H groups in total. The van der Waals surface area contributed by atoms with Gasteiger partial charge in [-0.15, -0.1) is 0 Å². The molecule has 0 aromatic heterocycles. The van der Waals surface area contributed by atoms with Crippen molar-refractivity contribution in [3.05, 3.63) is 0 Å². The monoisotopic (exact) mass is 273 g/mol. The molecule has 0 spiro atoms. The summed E-state index contributed by atoms with van der Waals surface area (Å²) in [5.74, 6) is -0.352. The van der Waals surface area contributed by atoms with Crippen LogP contribution in [0.2, 0.25) is 0 Å². The zero-order valence-electron chi connectivity index (χ0n) is 11.4. The number of hydrogen-bond donors (Lipinski definition) is 3. The summed E-state index contributed by atoms with van der Waals surface area (Å²) >= 11 is 0. The predicted molar refractivity (Wildman–Crippen MR) is 69.7 cm³/mol. The minimum atomic E-state index is -0.514. The lowest BCUT2D eigenvalue weighted by Crippen LogP contribution is -2.49. The molecule has 1 unspecified atom stereocenters. The Kier molecular flexibility index (Phi) is 7.39. The lowest BCUT2D eigenvalue weighted by Gasteiger charge is -2.33. The fourth-order valence-corrected chi connectivity index (χ4v) is 2.14. The summed E-state index contributed by atoms with van der Waals surface area (Å²) in [6.07, 6.45) is 2.98. The van der Waals surface area contributed by atoms with E-state index in [1.54, 1.807) is 0 Å². The van der Waals surface area contributed by atoms with Crippen LogP contribution in [0.15, 0.2) is 0 Å². The van der Waals surface area contributed by atoms with Crippen molar-refractivity contribution in [1.29, 1.82) is 0 Å². The van der Waals surface area contributed by atoms with Gasteiger partial charge in [-0.05, 0) is 19.4 Å². The first kappa shape index (κ1) is 15.9. The Morgan fingerprint density at radius 3 is 2.89 bits per heavy atom. The second-order valence-electron chi connectivity index (χ2n) is 4.60. The van der Waals surface area contributed by atoms with E-state index in [9.17, 15) is 14.7 Å². The first-order valence-corrected chi connectivity index (χ1v) is 6.59. The number of ether oxygens (including phenoxy) is 1. The Morgan fingerprint density at radius 2 is 2.21 bits per heavy atom. The highest BCUT2D eigenvalue weighted by Crippen LogP contribution is 2.15. The van der Waals surface area contributed by atoms with Crippen LogP contribution in [0.3, 0.4) is 0 Å². The molecule has 1 rings (SSSR count). The third kappa shape index (κ3) is 6.00. The minimum absolute atomic E-state index is 0.0241. The van der Waals surface area contributed by atoms with Gasteiger partial charge in [0.15, 0.2) is 0 Å². The molecule has 1 heterocycles. The van der Waals surface area contributed by atoms with Gasteiger partial charge >= 0.3 is 6.03 Å². The molecule has 0 bridgehead atoms.